The summed E-state index contributed by atoms with van der Waals surface area (Å²) in [7, 11) is 0. The Morgan fingerprint density at radius 3 is 2.54 bits per heavy atom. The van der Waals surface area contributed by atoms with Crippen molar-refractivity contribution in [3.8, 4) is 0 Å². The van der Waals surface area contributed by atoms with E-state index in [9.17, 15) is 14.7 Å². The van der Waals surface area contributed by atoms with Crippen molar-refractivity contribution in [2.75, 3.05) is 6.61 Å². The highest BCUT2D eigenvalue weighted by atomic mass is 16.5. The lowest BCUT2D eigenvalue weighted by molar-refractivity contribution is -0.175. The lowest BCUT2D eigenvalue weighted by atomic mass is 9.43. The Kier molecular flexibility index (Phi) is 5.17. The van der Waals surface area contributed by atoms with Gasteiger partial charge in [0, 0.05) is 12.8 Å². The SMILES string of the molecule is CC(=O)OCC(=O)[C@H]1CC[C@H]2[C@@H]3CC[C@H]4C[C@H](C)CC[C@]4(C)[C@H]3[C@@H](O)C[C@]12C. The number of ether oxygens (including phenoxy) is 1. The minimum atomic E-state index is -0.394. The molecule has 4 rings (SSSR count). The summed E-state index contributed by atoms with van der Waals surface area (Å²) in [6.07, 6.45) is 8.73. The molecule has 0 bridgehead atoms. The lowest BCUT2D eigenvalue weighted by Crippen LogP contribution is -2.59. The zero-order chi connectivity index (χ0) is 20.3. The quantitative estimate of drug-likeness (QED) is 0.726. The molecule has 0 aliphatic heterocycles. The molecule has 0 unspecified atom stereocenters. The highest BCUT2D eigenvalue weighted by Crippen LogP contribution is 2.67. The molecule has 9 atom stereocenters. The van der Waals surface area contributed by atoms with Gasteiger partial charge in [-0.2, -0.15) is 0 Å². The Labute approximate surface area is 169 Å². The van der Waals surface area contributed by atoms with Crippen LogP contribution in [0.15, 0.2) is 0 Å². The van der Waals surface area contributed by atoms with Crippen LogP contribution >= 0.6 is 0 Å². The molecule has 4 heteroatoms. The molecule has 0 heterocycles. The summed E-state index contributed by atoms with van der Waals surface area (Å²) >= 11 is 0. The van der Waals surface area contributed by atoms with Crippen LogP contribution in [0.5, 0.6) is 0 Å². The van der Waals surface area contributed by atoms with Crippen molar-refractivity contribution in [1.82, 2.24) is 0 Å². The van der Waals surface area contributed by atoms with Gasteiger partial charge in [0.2, 0.25) is 0 Å². The van der Waals surface area contributed by atoms with E-state index in [0.717, 1.165) is 31.1 Å². The molecule has 4 fully saturated rings. The Bertz CT molecular complexity index is 645. The molecule has 158 valence electrons. The molecular weight excluding hydrogens is 352 g/mol. The van der Waals surface area contributed by atoms with E-state index in [4.69, 9.17) is 4.74 Å². The highest BCUT2D eigenvalue weighted by Gasteiger charge is 2.63. The maximum absolute atomic E-state index is 12.8. The van der Waals surface area contributed by atoms with Crippen molar-refractivity contribution in [2.24, 2.45) is 46.3 Å². The van der Waals surface area contributed by atoms with Crippen LogP contribution in [0.4, 0.5) is 0 Å². The molecular formula is C24H38O4. The molecule has 0 aromatic carbocycles. The molecule has 4 saturated carbocycles. The van der Waals surface area contributed by atoms with E-state index >= 15 is 0 Å². The summed E-state index contributed by atoms with van der Waals surface area (Å²) in [5.74, 6) is 2.59. The Hall–Kier alpha value is -0.900. The molecule has 0 radical (unpaired) electrons. The first-order chi connectivity index (χ1) is 13.2. The van der Waals surface area contributed by atoms with Gasteiger partial charge in [0.25, 0.3) is 0 Å². The number of fused-ring (bicyclic) bond motifs is 5. The molecule has 1 N–H and O–H groups in total. The topological polar surface area (TPSA) is 63.6 Å². The van der Waals surface area contributed by atoms with Gasteiger partial charge < -0.3 is 9.84 Å². The van der Waals surface area contributed by atoms with Gasteiger partial charge in [-0.25, -0.2) is 0 Å². The molecule has 0 aromatic rings. The molecule has 28 heavy (non-hydrogen) atoms. The maximum atomic E-state index is 12.8. The van der Waals surface area contributed by atoms with Crippen LogP contribution in [-0.4, -0.2) is 29.6 Å². The standard InChI is InChI=1S/C24H38O4/c1-14-9-10-23(3)16(11-14)5-6-17-18-7-8-19(21(27)13-28-15(2)25)24(18,4)12-20(26)22(17)23/h14,16-20,22,26H,5-13H2,1-4H3/t14-,16+,17+,18+,19-,20+,22-,23+,24+/m1/s1. The van der Waals surface area contributed by atoms with Gasteiger partial charge in [-0.05, 0) is 85.4 Å². The minimum Gasteiger partial charge on any atom is -0.458 e. The van der Waals surface area contributed by atoms with Crippen LogP contribution in [0.1, 0.15) is 79.1 Å². The number of carbonyl (C=O) groups excluding carboxylic acids is 2. The Morgan fingerprint density at radius 1 is 1.07 bits per heavy atom. The second-order valence-electron chi connectivity index (χ2n) is 11.1. The third-order valence-electron chi connectivity index (χ3n) is 9.66. The van der Waals surface area contributed by atoms with E-state index in [-0.39, 0.29) is 35.2 Å². The molecule has 0 amide bonds. The first-order valence-corrected chi connectivity index (χ1v) is 11.5. The van der Waals surface area contributed by atoms with Gasteiger partial charge >= 0.3 is 5.97 Å². The van der Waals surface area contributed by atoms with Crippen molar-refractivity contribution < 1.29 is 19.4 Å². The highest BCUT2D eigenvalue weighted by molar-refractivity contribution is 5.85. The summed E-state index contributed by atoms with van der Waals surface area (Å²) in [4.78, 5) is 24.0. The van der Waals surface area contributed by atoms with E-state index in [1.54, 1.807) is 0 Å². The first kappa shape index (κ1) is 20.4. The third-order valence-corrected chi connectivity index (χ3v) is 9.66. The van der Waals surface area contributed by atoms with Crippen molar-refractivity contribution in [2.45, 2.75) is 85.2 Å². The number of hydrogen-bond acceptors (Lipinski definition) is 4. The zero-order valence-corrected chi connectivity index (χ0v) is 18.1. The van der Waals surface area contributed by atoms with Crippen molar-refractivity contribution in [3.63, 3.8) is 0 Å². The Balaban J connectivity index is 1.57. The number of aliphatic hydroxyl groups excluding tert-OH is 1. The third kappa shape index (κ3) is 3.05. The summed E-state index contributed by atoms with van der Waals surface area (Å²) in [6, 6.07) is 0. The number of aliphatic hydroxyl groups is 1. The van der Waals surface area contributed by atoms with Crippen LogP contribution in [-0.2, 0) is 14.3 Å². The monoisotopic (exact) mass is 390 g/mol. The number of carbonyl (C=O) groups is 2. The fraction of sp³-hybridized carbons (Fsp3) is 0.917. The van der Waals surface area contributed by atoms with Crippen molar-refractivity contribution in [3.05, 3.63) is 0 Å². The van der Waals surface area contributed by atoms with Crippen LogP contribution in [0.2, 0.25) is 0 Å². The van der Waals surface area contributed by atoms with E-state index in [1.807, 2.05) is 0 Å². The minimum absolute atomic E-state index is 0.0530. The van der Waals surface area contributed by atoms with E-state index in [1.165, 1.54) is 39.0 Å². The first-order valence-electron chi connectivity index (χ1n) is 11.5. The van der Waals surface area contributed by atoms with Crippen LogP contribution in [0, 0.1) is 46.3 Å². The summed E-state index contributed by atoms with van der Waals surface area (Å²) in [6.45, 7) is 8.33. The van der Waals surface area contributed by atoms with Gasteiger partial charge in [0.15, 0.2) is 5.78 Å². The van der Waals surface area contributed by atoms with E-state index in [0.29, 0.717) is 17.8 Å². The lowest BCUT2D eigenvalue weighted by Gasteiger charge is -2.62. The fourth-order valence-corrected chi connectivity index (χ4v) is 8.40. The van der Waals surface area contributed by atoms with E-state index < -0.39 is 5.97 Å². The number of hydrogen-bond donors (Lipinski definition) is 1. The average Bonchev–Trinajstić information content (AvgIpc) is 2.96. The van der Waals surface area contributed by atoms with Gasteiger partial charge in [-0.15, -0.1) is 0 Å². The van der Waals surface area contributed by atoms with Crippen LogP contribution in [0.25, 0.3) is 0 Å². The largest absolute Gasteiger partial charge is 0.458 e. The second-order valence-corrected chi connectivity index (χ2v) is 11.1. The molecule has 4 aliphatic carbocycles. The number of esters is 1. The zero-order valence-electron chi connectivity index (χ0n) is 18.1. The number of rotatable bonds is 3. The predicted octanol–water partition coefficient (Wildman–Crippen LogP) is 4.38. The molecule has 0 aromatic heterocycles. The summed E-state index contributed by atoms with van der Waals surface area (Å²) < 4.78 is 5.02. The van der Waals surface area contributed by atoms with Crippen molar-refractivity contribution in [1.29, 1.82) is 0 Å². The average molecular weight is 391 g/mol. The molecule has 4 nitrogen and oxygen atoms in total. The normalized spacial score (nSPS) is 50.2. The van der Waals surface area contributed by atoms with Gasteiger partial charge in [-0.3, -0.25) is 9.59 Å². The van der Waals surface area contributed by atoms with Gasteiger partial charge in [0.1, 0.15) is 6.61 Å². The Morgan fingerprint density at radius 2 is 1.82 bits per heavy atom. The van der Waals surface area contributed by atoms with Crippen LogP contribution < -0.4 is 0 Å². The predicted molar refractivity (Wildman–Crippen MR) is 107 cm³/mol. The summed E-state index contributed by atoms with van der Waals surface area (Å²) in [5, 5.41) is 11.4. The smallest absolute Gasteiger partial charge is 0.303 e. The number of ketones is 1. The molecule has 4 aliphatic rings. The summed E-state index contributed by atoms with van der Waals surface area (Å²) in [5.41, 5.74) is 0.110. The van der Waals surface area contributed by atoms with Gasteiger partial charge in [0.05, 0.1) is 6.10 Å². The molecule has 0 saturated heterocycles. The van der Waals surface area contributed by atoms with Crippen LogP contribution in [0.3, 0.4) is 0 Å². The fourth-order valence-electron chi connectivity index (χ4n) is 8.40. The van der Waals surface area contributed by atoms with Gasteiger partial charge in [-0.1, -0.05) is 27.2 Å². The maximum Gasteiger partial charge on any atom is 0.303 e. The van der Waals surface area contributed by atoms with Crippen molar-refractivity contribution >= 4 is 11.8 Å². The second kappa shape index (κ2) is 7.11. The van der Waals surface area contributed by atoms with E-state index in [2.05, 4.69) is 20.8 Å². The number of Topliss-reactive ketones (excluding diaryl/α,β-unsaturated/α-hetero) is 1. The molecule has 0 spiro atoms.